The summed E-state index contributed by atoms with van der Waals surface area (Å²) in [6.07, 6.45) is 0.713. The van der Waals surface area contributed by atoms with E-state index < -0.39 is 11.0 Å². The molecule has 0 saturated heterocycles. The number of rotatable bonds is 3. The van der Waals surface area contributed by atoms with Crippen LogP contribution in [0.5, 0.6) is 5.75 Å². The van der Waals surface area contributed by atoms with E-state index in [1.54, 1.807) is 11.3 Å². The lowest BCUT2D eigenvalue weighted by atomic mass is 9.64. The molecule has 4 heteroatoms. The zero-order chi connectivity index (χ0) is 15.1. The lowest BCUT2D eigenvalue weighted by Gasteiger charge is -2.48. The lowest BCUT2D eigenvalue weighted by Crippen LogP contribution is -2.54. The summed E-state index contributed by atoms with van der Waals surface area (Å²) < 4.78 is 5.76. The summed E-state index contributed by atoms with van der Waals surface area (Å²) in [6.45, 7) is 4.89. The summed E-state index contributed by atoms with van der Waals surface area (Å²) in [6, 6.07) is 9.96. The number of aryl methyl sites for hydroxylation is 1. The molecule has 1 aliphatic rings. The Morgan fingerprint density at radius 3 is 2.81 bits per heavy atom. The molecule has 0 radical (unpaired) electrons. The second kappa shape index (κ2) is 5.13. The van der Waals surface area contributed by atoms with E-state index in [2.05, 4.69) is 0 Å². The van der Waals surface area contributed by atoms with Crippen molar-refractivity contribution in [2.24, 2.45) is 5.73 Å². The fraction of sp³-hybridized carbons (Fsp3) is 0.412. The zero-order valence-electron chi connectivity index (χ0n) is 12.4. The SMILES string of the molecule is Cc1ccsc1C(C)(O)C1(CN)CCOc2ccccc21. The first-order valence-electron chi connectivity index (χ1n) is 7.22. The van der Waals surface area contributed by atoms with Gasteiger partial charge in [0, 0.05) is 22.4 Å². The second-order valence-corrected chi connectivity index (χ2v) is 6.80. The summed E-state index contributed by atoms with van der Waals surface area (Å²) in [5, 5.41) is 13.5. The van der Waals surface area contributed by atoms with Crippen molar-refractivity contribution in [2.75, 3.05) is 13.2 Å². The third-order valence-electron chi connectivity index (χ3n) is 4.77. The number of fused-ring (bicyclic) bond motifs is 1. The Kier molecular flexibility index (Phi) is 3.56. The van der Waals surface area contributed by atoms with Crippen molar-refractivity contribution in [1.29, 1.82) is 0 Å². The van der Waals surface area contributed by atoms with E-state index >= 15 is 0 Å². The molecule has 3 rings (SSSR count). The second-order valence-electron chi connectivity index (χ2n) is 5.89. The standard InChI is InChI=1S/C17H21NO2S/c1-12-7-10-21-15(12)16(2,19)17(11-18)8-9-20-14-6-4-3-5-13(14)17/h3-7,10,19H,8-9,11,18H2,1-2H3. The van der Waals surface area contributed by atoms with Crippen LogP contribution in [-0.2, 0) is 11.0 Å². The Morgan fingerprint density at radius 1 is 1.38 bits per heavy atom. The Balaban J connectivity index is 2.20. The average molecular weight is 303 g/mol. The van der Waals surface area contributed by atoms with Crippen LogP contribution in [0, 0.1) is 6.92 Å². The van der Waals surface area contributed by atoms with Crippen molar-refractivity contribution in [2.45, 2.75) is 31.3 Å². The molecule has 0 saturated carbocycles. The van der Waals surface area contributed by atoms with E-state index in [-0.39, 0.29) is 0 Å². The van der Waals surface area contributed by atoms with E-state index in [4.69, 9.17) is 10.5 Å². The molecule has 3 nitrogen and oxygen atoms in total. The third-order valence-corrected chi connectivity index (χ3v) is 6.00. The van der Waals surface area contributed by atoms with Crippen LogP contribution in [0.2, 0.25) is 0 Å². The molecular weight excluding hydrogens is 282 g/mol. The summed E-state index contributed by atoms with van der Waals surface area (Å²) in [5.74, 6) is 0.837. The minimum Gasteiger partial charge on any atom is -0.493 e. The van der Waals surface area contributed by atoms with Crippen LogP contribution < -0.4 is 10.5 Å². The molecule has 0 bridgehead atoms. The molecule has 2 heterocycles. The van der Waals surface area contributed by atoms with Crippen molar-refractivity contribution in [3.8, 4) is 5.75 Å². The molecule has 2 unspecified atom stereocenters. The molecule has 1 aliphatic heterocycles. The molecular formula is C17H21NO2S. The van der Waals surface area contributed by atoms with Gasteiger partial charge in [0.25, 0.3) is 0 Å². The van der Waals surface area contributed by atoms with Gasteiger partial charge in [-0.1, -0.05) is 18.2 Å². The monoisotopic (exact) mass is 303 g/mol. The summed E-state index contributed by atoms with van der Waals surface area (Å²) in [4.78, 5) is 0.990. The first-order valence-corrected chi connectivity index (χ1v) is 8.10. The van der Waals surface area contributed by atoms with Gasteiger partial charge >= 0.3 is 0 Å². The lowest BCUT2D eigenvalue weighted by molar-refractivity contribution is -0.0408. The van der Waals surface area contributed by atoms with Crippen molar-refractivity contribution in [1.82, 2.24) is 0 Å². The van der Waals surface area contributed by atoms with Gasteiger partial charge in [0.05, 0.1) is 6.61 Å². The van der Waals surface area contributed by atoms with Gasteiger partial charge in [-0.25, -0.2) is 0 Å². The molecule has 1 aromatic heterocycles. The number of aliphatic hydroxyl groups is 1. The van der Waals surface area contributed by atoms with Crippen LogP contribution >= 0.6 is 11.3 Å². The Morgan fingerprint density at radius 2 is 2.14 bits per heavy atom. The molecule has 21 heavy (non-hydrogen) atoms. The fourth-order valence-electron chi connectivity index (χ4n) is 3.46. The molecule has 2 atom stereocenters. The van der Waals surface area contributed by atoms with Crippen LogP contribution in [0.15, 0.2) is 35.7 Å². The predicted octanol–water partition coefficient (Wildman–Crippen LogP) is 2.94. The average Bonchev–Trinajstić information content (AvgIpc) is 2.93. The maximum absolute atomic E-state index is 11.5. The number of hydrogen-bond acceptors (Lipinski definition) is 4. The minimum atomic E-state index is -1.01. The summed E-state index contributed by atoms with van der Waals surface area (Å²) >= 11 is 1.59. The summed E-state index contributed by atoms with van der Waals surface area (Å²) in [5.41, 5.74) is 6.78. The van der Waals surface area contributed by atoms with E-state index in [1.807, 2.05) is 49.6 Å². The first-order chi connectivity index (χ1) is 10.0. The Hall–Kier alpha value is -1.36. The van der Waals surface area contributed by atoms with Gasteiger partial charge in [0.15, 0.2) is 0 Å². The van der Waals surface area contributed by atoms with Crippen LogP contribution in [0.25, 0.3) is 0 Å². The number of benzene rings is 1. The van der Waals surface area contributed by atoms with Gasteiger partial charge in [0.2, 0.25) is 0 Å². The van der Waals surface area contributed by atoms with Crippen molar-refractivity contribution in [3.05, 3.63) is 51.7 Å². The topological polar surface area (TPSA) is 55.5 Å². The van der Waals surface area contributed by atoms with Crippen molar-refractivity contribution in [3.63, 3.8) is 0 Å². The van der Waals surface area contributed by atoms with Gasteiger partial charge in [-0.05, 0) is 43.3 Å². The largest absolute Gasteiger partial charge is 0.493 e. The highest BCUT2D eigenvalue weighted by Gasteiger charge is 2.52. The quantitative estimate of drug-likeness (QED) is 0.916. The van der Waals surface area contributed by atoms with Crippen molar-refractivity contribution < 1.29 is 9.84 Å². The maximum atomic E-state index is 11.5. The molecule has 0 aliphatic carbocycles. The molecule has 3 N–H and O–H groups in total. The molecule has 2 aromatic rings. The highest BCUT2D eigenvalue weighted by molar-refractivity contribution is 7.10. The van der Waals surface area contributed by atoms with E-state index in [0.717, 1.165) is 21.8 Å². The smallest absolute Gasteiger partial charge is 0.123 e. The Bertz CT molecular complexity index is 650. The fourth-order valence-corrected chi connectivity index (χ4v) is 4.55. The van der Waals surface area contributed by atoms with Gasteiger partial charge in [-0.15, -0.1) is 11.3 Å². The number of thiophene rings is 1. The first kappa shape index (κ1) is 14.6. The minimum absolute atomic E-state index is 0.387. The van der Waals surface area contributed by atoms with Crippen LogP contribution in [-0.4, -0.2) is 18.3 Å². The van der Waals surface area contributed by atoms with E-state index in [1.165, 1.54) is 0 Å². The van der Waals surface area contributed by atoms with Crippen LogP contribution in [0.1, 0.15) is 29.3 Å². The van der Waals surface area contributed by atoms with Crippen LogP contribution in [0.4, 0.5) is 0 Å². The maximum Gasteiger partial charge on any atom is 0.123 e. The van der Waals surface area contributed by atoms with Gasteiger partial charge < -0.3 is 15.6 Å². The van der Waals surface area contributed by atoms with E-state index in [9.17, 15) is 5.11 Å². The van der Waals surface area contributed by atoms with Crippen LogP contribution in [0.3, 0.4) is 0 Å². The van der Waals surface area contributed by atoms with Gasteiger partial charge in [0.1, 0.15) is 11.4 Å². The molecule has 0 amide bonds. The van der Waals surface area contributed by atoms with E-state index in [0.29, 0.717) is 19.6 Å². The molecule has 0 fully saturated rings. The van der Waals surface area contributed by atoms with Crippen molar-refractivity contribution >= 4 is 11.3 Å². The number of nitrogens with two attached hydrogens (primary N) is 1. The number of ether oxygens (including phenoxy) is 1. The third kappa shape index (κ3) is 2.01. The predicted molar refractivity (Wildman–Crippen MR) is 85.9 cm³/mol. The highest BCUT2D eigenvalue weighted by atomic mass is 32.1. The normalized spacial score (nSPS) is 24.0. The number of hydrogen-bond donors (Lipinski definition) is 2. The highest BCUT2D eigenvalue weighted by Crippen LogP contribution is 2.51. The number of para-hydroxylation sites is 1. The summed E-state index contributed by atoms with van der Waals surface area (Å²) in [7, 11) is 0. The zero-order valence-corrected chi connectivity index (χ0v) is 13.2. The Labute approximate surface area is 129 Å². The van der Waals surface area contributed by atoms with Gasteiger partial charge in [-0.3, -0.25) is 0 Å². The molecule has 1 aromatic carbocycles. The van der Waals surface area contributed by atoms with Gasteiger partial charge in [-0.2, -0.15) is 0 Å². The molecule has 112 valence electrons. The molecule has 0 spiro atoms.